The minimum atomic E-state index is -1.11. The summed E-state index contributed by atoms with van der Waals surface area (Å²) in [5, 5.41) is 28.8. The van der Waals surface area contributed by atoms with E-state index in [1.165, 1.54) is 0 Å². The number of aliphatic hydroxyl groups is 3. The van der Waals surface area contributed by atoms with Gasteiger partial charge in [0.2, 0.25) is 0 Å². The van der Waals surface area contributed by atoms with Crippen LogP contribution in [0.25, 0.3) is 0 Å². The van der Waals surface area contributed by atoms with Crippen LogP contribution in [-0.4, -0.2) is 58.9 Å². The zero-order chi connectivity index (χ0) is 16.9. The standard InChI is InChI=1S/C16H30O6/c1-10-13(19)14(20)11(9-17)22-15(10)21-8-6-5-7-12(18)16(2,3)4/h10-11,13-15,17,19-20H,5-9H2,1-4H3. The highest BCUT2D eigenvalue weighted by atomic mass is 16.7. The SMILES string of the molecule is CC1C(OCCCCC(=O)C(C)(C)C)OC(CO)C(O)C1O. The molecule has 5 unspecified atom stereocenters. The molecule has 0 aromatic rings. The predicted molar refractivity (Wildman–Crippen MR) is 81.2 cm³/mol. The molecule has 0 radical (unpaired) electrons. The molecule has 3 N–H and O–H groups in total. The van der Waals surface area contributed by atoms with Gasteiger partial charge in [-0.3, -0.25) is 4.79 Å². The molecule has 22 heavy (non-hydrogen) atoms. The van der Waals surface area contributed by atoms with Crippen molar-refractivity contribution >= 4 is 5.78 Å². The third-order valence-corrected chi connectivity index (χ3v) is 4.10. The summed E-state index contributed by atoms with van der Waals surface area (Å²) in [7, 11) is 0. The number of carbonyl (C=O) groups is 1. The lowest BCUT2D eigenvalue weighted by atomic mass is 9.88. The quantitative estimate of drug-likeness (QED) is 0.603. The maximum Gasteiger partial charge on any atom is 0.163 e. The number of rotatable bonds is 7. The van der Waals surface area contributed by atoms with E-state index in [4.69, 9.17) is 14.6 Å². The van der Waals surface area contributed by atoms with Gasteiger partial charge in [-0.05, 0) is 12.8 Å². The molecular formula is C16H30O6. The Bertz CT molecular complexity index is 349. The number of carbonyl (C=O) groups excluding carboxylic acids is 1. The Morgan fingerprint density at radius 2 is 1.82 bits per heavy atom. The Balaban J connectivity index is 2.31. The first-order valence-corrected chi connectivity index (χ1v) is 7.96. The number of ketones is 1. The van der Waals surface area contributed by atoms with Crippen LogP contribution in [-0.2, 0) is 14.3 Å². The van der Waals surface area contributed by atoms with Gasteiger partial charge in [0, 0.05) is 24.4 Å². The van der Waals surface area contributed by atoms with Crippen LogP contribution in [0.5, 0.6) is 0 Å². The van der Waals surface area contributed by atoms with Crippen LogP contribution in [0.3, 0.4) is 0 Å². The Morgan fingerprint density at radius 1 is 1.18 bits per heavy atom. The zero-order valence-electron chi connectivity index (χ0n) is 14.0. The van der Waals surface area contributed by atoms with E-state index in [0.717, 1.165) is 12.8 Å². The number of ether oxygens (including phenoxy) is 2. The lowest BCUT2D eigenvalue weighted by Gasteiger charge is -2.40. The molecule has 1 heterocycles. The molecule has 6 nitrogen and oxygen atoms in total. The van der Waals surface area contributed by atoms with E-state index in [-0.39, 0.29) is 23.7 Å². The van der Waals surface area contributed by atoms with E-state index in [0.29, 0.717) is 13.0 Å². The summed E-state index contributed by atoms with van der Waals surface area (Å²) in [5.74, 6) is -0.150. The normalized spacial score (nSPS) is 33.0. The van der Waals surface area contributed by atoms with Gasteiger partial charge in [-0.15, -0.1) is 0 Å². The van der Waals surface area contributed by atoms with Crippen molar-refractivity contribution in [2.45, 2.75) is 71.6 Å². The predicted octanol–water partition coefficient (Wildman–Crippen LogP) is 0.864. The second-order valence-corrected chi connectivity index (χ2v) is 7.07. The van der Waals surface area contributed by atoms with Crippen LogP contribution in [0.15, 0.2) is 0 Å². The summed E-state index contributed by atoms with van der Waals surface area (Å²) in [4.78, 5) is 11.8. The number of aliphatic hydroxyl groups excluding tert-OH is 3. The van der Waals surface area contributed by atoms with E-state index in [1.54, 1.807) is 6.92 Å². The number of hydrogen-bond donors (Lipinski definition) is 3. The van der Waals surface area contributed by atoms with Gasteiger partial charge in [0.1, 0.15) is 18.0 Å². The van der Waals surface area contributed by atoms with Crippen molar-refractivity contribution in [2.75, 3.05) is 13.2 Å². The van der Waals surface area contributed by atoms with Gasteiger partial charge in [0.25, 0.3) is 0 Å². The van der Waals surface area contributed by atoms with Gasteiger partial charge >= 0.3 is 0 Å². The number of Topliss-reactive ketones (excluding diaryl/α,β-unsaturated/α-hetero) is 1. The third-order valence-electron chi connectivity index (χ3n) is 4.10. The molecule has 0 saturated carbocycles. The topological polar surface area (TPSA) is 96.2 Å². The molecule has 0 spiro atoms. The van der Waals surface area contributed by atoms with Crippen LogP contribution < -0.4 is 0 Å². The third kappa shape index (κ3) is 5.28. The fourth-order valence-corrected chi connectivity index (χ4v) is 2.37. The molecular weight excluding hydrogens is 288 g/mol. The largest absolute Gasteiger partial charge is 0.394 e. The first-order valence-electron chi connectivity index (χ1n) is 7.96. The number of unbranched alkanes of at least 4 members (excludes halogenated alkanes) is 1. The van der Waals surface area contributed by atoms with E-state index in [1.807, 2.05) is 20.8 Å². The molecule has 0 amide bonds. The summed E-state index contributed by atoms with van der Waals surface area (Å²) in [5.41, 5.74) is -0.309. The molecule has 1 saturated heterocycles. The maximum absolute atomic E-state index is 11.8. The molecule has 0 bridgehead atoms. The molecule has 1 rings (SSSR count). The fourth-order valence-electron chi connectivity index (χ4n) is 2.37. The van der Waals surface area contributed by atoms with Gasteiger partial charge in [-0.25, -0.2) is 0 Å². The highest BCUT2D eigenvalue weighted by Crippen LogP contribution is 2.27. The zero-order valence-corrected chi connectivity index (χ0v) is 14.0. The smallest absolute Gasteiger partial charge is 0.163 e. The van der Waals surface area contributed by atoms with E-state index < -0.39 is 24.6 Å². The Morgan fingerprint density at radius 3 is 2.36 bits per heavy atom. The van der Waals surface area contributed by atoms with Gasteiger partial charge < -0.3 is 24.8 Å². The molecule has 130 valence electrons. The van der Waals surface area contributed by atoms with Crippen molar-refractivity contribution in [1.29, 1.82) is 0 Å². The van der Waals surface area contributed by atoms with Crippen molar-refractivity contribution in [1.82, 2.24) is 0 Å². The maximum atomic E-state index is 11.8. The fraction of sp³-hybridized carbons (Fsp3) is 0.938. The van der Waals surface area contributed by atoms with Crippen molar-refractivity contribution in [2.24, 2.45) is 11.3 Å². The minimum absolute atomic E-state index is 0.230. The molecule has 1 aliphatic rings. The molecule has 0 aromatic carbocycles. The van der Waals surface area contributed by atoms with Crippen molar-refractivity contribution < 1.29 is 29.6 Å². The lowest BCUT2D eigenvalue weighted by Crippen LogP contribution is -2.55. The summed E-state index contributed by atoms with van der Waals surface area (Å²) in [6, 6.07) is 0. The lowest BCUT2D eigenvalue weighted by molar-refractivity contribution is -0.282. The summed E-state index contributed by atoms with van der Waals surface area (Å²) in [6.07, 6.45) is -1.60. The molecule has 1 fully saturated rings. The van der Waals surface area contributed by atoms with Crippen LogP contribution >= 0.6 is 0 Å². The van der Waals surface area contributed by atoms with Crippen LogP contribution in [0, 0.1) is 11.3 Å². The van der Waals surface area contributed by atoms with Crippen LogP contribution in [0.2, 0.25) is 0 Å². The van der Waals surface area contributed by atoms with Crippen molar-refractivity contribution in [3.63, 3.8) is 0 Å². The first-order chi connectivity index (χ1) is 10.2. The number of hydrogen-bond acceptors (Lipinski definition) is 6. The Kier molecular flexibility index (Phi) is 7.41. The Hall–Kier alpha value is -0.530. The summed E-state index contributed by atoms with van der Waals surface area (Å²) >= 11 is 0. The minimum Gasteiger partial charge on any atom is -0.394 e. The highest BCUT2D eigenvalue weighted by molar-refractivity contribution is 5.83. The highest BCUT2D eigenvalue weighted by Gasteiger charge is 2.42. The van der Waals surface area contributed by atoms with Gasteiger partial charge in [-0.1, -0.05) is 27.7 Å². The average Bonchev–Trinajstić information content (AvgIpc) is 2.45. The molecule has 1 aliphatic heterocycles. The molecule has 0 aromatic heterocycles. The van der Waals surface area contributed by atoms with E-state index >= 15 is 0 Å². The Labute approximate surface area is 132 Å². The van der Waals surface area contributed by atoms with Crippen molar-refractivity contribution in [3.05, 3.63) is 0 Å². The van der Waals surface area contributed by atoms with Gasteiger partial charge in [-0.2, -0.15) is 0 Å². The average molecular weight is 318 g/mol. The van der Waals surface area contributed by atoms with Gasteiger partial charge in [0.05, 0.1) is 12.7 Å². The molecule has 6 heteroatoms. The second-order valence-electron chi connectivity index (χ2n) is 7.07. The van der Waals surface area contributed by atoms with Crippen LogP contribution in [0.4, 0.5) is 0 Å². The molecule has 5 atom stereocenters. The monoisotopic (exact) mass is 318 g/mol. The van der Waals surface area contributed by atoms with E-state index in [2.05, 4.69) is 0 Å². The second kappa shape index (κ2) is 8.36. The molecule has 0 aliphatic carbocycles. The first kappa shape index (κ1) is 19.5. The van der Waals surface area contributed by atoms with Crippen LogP contribution in [0.1, 0.15) is 47.0 Å². The van der Waals surface area contributed by atoms with Crippen molar-refractivity contribution in [3.8, 4) is 0 Å². The summed E-state index contributed by atoms with van der Waals surface area (Å²) in [6.45, 7) is 7.49. The summed E-state index contributed by atoms with van der Waals surface area (Å²) < 4.78 is 11.1. The van der Waals surface area contributed by atoms with E-state index in [9.17, 15) is 15.0 Å². The van der Waals surface area contributed by atoms with Gasteiger partial charge in [0.15, 0.2) is 6.29 Å².